The van der Waals surface area contributed by atoms with E-state index in [2.05, 4.69) is 0 Å². The molecule has 1 aliphatic carbocycles. The standard InChI is InChI=1S/C35H24O6/c1-20(36)40-35(41-21(2)37)24-17-18-27-28(19-24)34(39)32-30(23-13-7-4-8-14-23)26-16-10-9-15-25(26)29(31(32)33(27)38)22-11-5-3-6-12-22/h3-19,35H,1-2H3. The fourth-order valence-electron chi connectivity index (χ4n) is 5.53. The summed E-state index contributed by atoms with van der Waals surface area (Å²) in [6, 6.07) is 31.4. The number of benzene rings is 5. The number of hydrogen-bond acceptors (Lipinski definition) is 6. The lowest BCUT2D eigenvalue weighted by Crippen LogP contribution is -2.24. The van der Waals surface area contributed by atoms with Crippen LogP contribution in [0.25, 0.3) is 33.0 Å². The van der Waals surface area contributed by atoms with E-state index in [1.54, 1.807) is 0 Å². The van der Waals surface area contributed by atoms with Crippen LogP contribution in [0.1, 0.15) is 57.5 Å². The zero-order chi connectivity index (χ0) is 28.7. The van der Waals surface area contributed by atoms with Crippen molar-refractivity contribution in [3.05, 3.63) is 131 Å². The Labute approximate surface area is 236 Å². The maximum Gasteiger partial charge on any atom is 0.305 e. The number of carbonyl (C=O) groups is 4. The highest BCUT2D eigenvalue weighted by atomic mass is 16.7. The molecule has 5 aromatic carbocycles. The van der Waals surface area contributed by atoms with E-state index in [-0.39, 0.29) is 28.3 Å². The molecule has 0 radical (unpaired) electrons. The van der Waals surface area contributed by atoms with Crippen molar-refractivity contribution < 1.29 is 28.7 Å². The van der Waals surface area contributed by atoms with E-state index in [1.807, 2.05) is 84.9 Å². The molecule has 0 heterocycles. The highest BCUT2D eigenvalue weighted by Crippen LogP contribution is 2.46. The highest BCUT2D eigenvalue weighted by Gasteiger charge is 2.37. The molecule has 0 fully saturated rings. The smallest absolute Gasteiger partial charge is 0.305 e. The minimum atomic E-state index is -1.36. The predicted octanol–water partition coefficient (Wildman–Crippen LogP) is 7.07. The van der Waals surface area contributed by atoms with Crippen LogP contribution in [0.2, 0.25) is 0 Å². The van der Waals surface area contributed by atoms with Gasteiger partial charge in [0.1, 0.15) is 0 Å². The Bertz CT molecular complexity index is 1860. The number of ether oxygens (including phenoxy) is 2. The Hall–Kier alpha value is -5.36. The van der Waals surface area contributed by atoms with Gasteiger partial charge in [-0.2, -0.15) is 0 Å². The minimum Gasteiger partial charge on any atom is -0.421 e. The van der Waals surface area contributed by atoms with E-state index < -0.39 is 18.2 Å². The third kappa shape index (κ3) is 4.49. The molecular weight excluding hydrogens is 516 g/mol. The number of rotatable bonds is 5. The number of fused-ring (bicyclic) bond motifs is 3. The van der Waals surface area contributed by atoms with Gasteiger partial charge < -0.3 is 9.47 Å². The highest BCUT2D eigenvalue weighted by molar-refractivity contribution is 6.35. The van der Waals surface area contributed by atoms with Gasteiger partial charge in [0.2, 0.25) is 0 Å². The molecule has 1 aliphatic rings. The van der Waals surface area contributed by atoms with Crippen molar-refractivity contribution in [3.8, 4) is 22.3 Å². The molecule has 5 aromatic rings. The Morgan fingerprint density at radius 2 is 0.976 bits per heavy atom. The van der Waals surface area contributed by atoms with Gasteiger partial charge in [-0.15, -0.1) is 0 Å². The lowest BCUT2D eigenvalue weighted by molar-refractivity contribution is -0.186. The van der Waals surface area contributed by atoms with Gasteiger partial charge >= 0.3 is 11.9 Å². The first-order chi connectivity index (χ1) is 19.8. The first-order valence-electron chi connectivity index (χ1n) is 13.1. The summed E-state index contributed by atoms with van der Waals surface area (Å²) in [7, 11) is 0. The van der Waals surface area contributed by atoms with Crippen molar-refractivity contribution in [1.82, 2.24) is 0 Å². The van der Waals surface area contributed by atoms with Crippen molar-refractivity contribution in [3.63, 3.8) is 0 Å². The van der Waals surface area contributed by atoms with Crippen LogP contribution in [-0.4, -0.2) is 23.5 Å². The predicted molar refractivity (Wildman–Crippen MR) is 154 cm³/mol. The second kappa shape index (κ2) is 10.3. The fraction of sp³-hybridized carbons (Fsp3) is 0.0857. The van der Waals surface area contributed by atoms with Crippen molar-refractivity contribution in [2.45, 2.75) is 20.1 Å². The molecule has 0 atom stereocenters. The molecule has 200 valence electrons. The molecule has 0 N–H and O–H groups in total. The molecule has 6 heteroatoms. The molecule has 0 aromatic heterocycles. The van der Waals surface area contributed by atoms with Crippen LogP contribution < -0.4 is 0 Å². The molecule has 0 unspecified atom stereocenters. The monoisotopic (exact) mass is 540 g/mol. The SMILES string of the molecule is CC(=O)OC(OC(C)=O)c1ccc2c(c1)C(=O)c1c(c(-c3ccccc3)c3ccccc3c1-c1ccccc1)C2=O. The normalized spacial score (nSPS) is 12.2. The first-order valence-corrected chi connectivity index (χ1v) is 13.1. The lowest BCUT2D eigenvalue weighted by Gasteiger charge is -2.27. The van der Waals surface area contributed by atoms with Crippen molar-refractivity contribution in [1.29, 1.82) is 0 Å². The first kappa shape index (κ1) is 25.9. The van der Waals surface area contributed by atoms with Gasteiger partial charge in [-0.25, -0.2) is 0 Å². The number of esters is 2. The number of carbonyl (C=O) groups excluding carboxylic acids is 4. The zero-order valence-corrected chi connectivity index (χ0v) is 22.3. The quantitative estimate of drug-likeness (QED) is 0.172. The summed E-state index contributed by atoms with van der Waals surface area (Å²) >= 11 is 0. The van der Waals surface area contributed by atoms with Gasteiger partial charge in [0.25, 0.3) is 6.29 Å². The average Bonchev–Trinajstić information content (AvgIpc) is 2.98. The molecule has 0 aliphatic heterocycles. The Balaban J connectivity index is 1.68. The molecule has 0 bridgehead atoms. The van der Waals surface area contributed by atoms with E-state index in [9.17, 15) is 19.2 Å². The van der Waals surface area contributed by atoms with Gasteiger partial charge in [0.15, 0.2) is 11.6 Å². The molecule has 41 heavy (non-hydrogen) atoms. The molecule has 6 rings (SSSR count). The van der Waals surface area contributed by atoms with Crippen LogP contribution in [0.3, 0.4) is 0 Å². The maximum absolute atomic E-state index is 14.5. The Morgan fingerprint density at radius 3 is 1.44 bits per heavy atom. The third-order valence-electron chi connectivity index (χ3n) is 7.15. The number of hydrogen-bond donors (Lipinski definition) is 0. The molecule has 0 saturated carbocycles. The third-order valence-corrected chi connectivity index (χ3v) is 7.15. The second-order valence-corrected chi connectivity index (χ2v) is 9.79. The molecule has 6 nitrogen and oxygen atoms in total. The Kier molecular flexibility index (Phi) is 6.52. The summed E-state index contributed by atoms with van der Waals surface area (Å²) in [4.78, 5) is 52.4. The van der Waals surface area contributed by atoms with Crippen LogP contribution in [0.5, 0.6) is 0 Å². The largest absolute Gasteiger partial charge is 0.421 e. The van der Waals surface area contributed by atoms with Crippen LogP contribution >= 0.6 is 0 Å². The summed E-state index contributed by atoms with van der Waals surface area (Å²) in [5.74, 6) is -1.96. The fourth-order valence-corrected chi connectivity index (χ4v) is 5.53. The summed E-state index contributed by atoms with van der Waals surface area (Å²) in [5, 5.41) is 1.71. The van der Waals surface area contributed by atoms with Crippen molar-refractivity contribution >= 4 is 34.3 Å². The van der Waals surface area contributed by atoms with E-state index in [0.29, 0.717) is 22.3 Å². The van der Waals surface area contributed by atoms with Gasteiger partial charge in [0, 0.05) is 52.8 Å². The van der Waals surface area contributed by atoms with Crippen LogP contribution in [0, 0.1) is 0 Å². The van der Waals surface area contributed by atoms with Crippen molar-refractivity contribution in [2.75, 3.05) is 0 Å². The average molecular weight is 541 g/mol. The topological polar surface area (TPSA) is 86.7 Å². The van der Waals surface area contributed by atoms with E-state index in [1.165, 1.54) is 32.0 Å². The molecular formula is C35H24O6. The molecule has 0 amide bonds. The Morgan fingerprint density at radius 1 is 0.537 bits per heavy atom. The van der Waals surface area contributed by atoms with Gasteiger partial charge in [-0.3, -0.25) is 19.2 Å². The van der Waals surface area contributed by atoms with Gasteiger partial charge in [-0.05, 0) is 34.0 Å². The van der Waals surface area contributed by atoms with Gasteiger partial charge in [-0.1, -0.05) is 91.0 Å². The maximum atomic E-state index is 14.5. The van der Waals surface area contributed by atoms with Crippen LogP contribution in [0.15, 0.2) is 103 Å². The van der Waals surface area contributed by atoms with Crippen LogP contribution in [-0.2, 0) is 19.1 Å². The summed E-state index contributed by atoms with van der Waals surface area (Å²) in [6.45, 7) is 2.39. The van der Waals surface area contributed by atoms with E-state index in [4.69, 9.17) is 9.47 Å². The zero-order valence-electron chi connectivity index (χ0n) is 22.3. The second-order valence-electron chi connectivity index (χ2n) is 9.79. The summed E-state index contributed by atoms with van der Waals surface area (Å²) in [5.41, 5.74) is 4.28. The lowest BCUT2D eigenvalue weighted by atomic mass is 9.74. The van der Waals surface area contributed by atoms with E-state index in [0.717, 1.165) is 21.9 Å². The van der Waals surface area contributed by atoms with Crippen LogP contribution in [0.4, 0.5) is 0 Å². The summed E-state index contributed by atoms with van der Waals surface area (Å²) in [6.07, 6.45) is -1.36. The van der Waals surface area contributed by atoms with E-state index >= 15 is 0 Å². The summed E-state index contributed by atoms with van der Waals surface area (Å²) < 4.78 is 10.4. The van der Waals surface area contributed by atoms with Crippen molar-refractivity contribution in [2.24, 2.45) is 0 Å². The molecule has 0 spiro atoms. The molecule has 0 saturated heterocycles. The minimum absolute atomic E-state index is 0.149. The van der Waals surface area contributed by atoms with Gasteiger partial charge in [0.05, 0.1) is 0 Å². The number of ketones is 2.